The van der Waals surface area contributed by atoms with Crippen molar-refractivity contribution >= 4 is 0 Å². The van der Waals surface area contributed by atoms with Gasteiger partial charge in [-0.2, -0.15) is 0 Å². The molecule has 0 aromatic carbocycles. The topological polar surface area (TPSA) is 32.3 Å². The second-order valence-electron chi connectivity index (χ2n) is 4.64. The van der Waals surface area contributed by atoms with Crippen LogP contribution in [0.2, 0.25) is 0 Å². The molecule has 2 N–H and O–H groups in total. The summed E-state index contributed by atoms with van der Waals surface area (Å²) in [6.45, 7) is 2.25. The fraction of sp³-hybridized carbons (Fsp3) is 1.00. The van der Waals surface area contributed by atoms with Crippen LogP contribution < -0.4 is 5.32 Å². The number of rotatable bonds is 3. The fourth-order valence-corrected chi connectivity index (χ4v) is 2.48. The molecule has 0 aliphatic heterocycles. The van der Waals surface area contributed by atoms with Crippen LogP contribution in [0.3, 0.4) is 0 Å². The van der Waals surface area contributed by atoms with Gasteiger partial charge in [0.15, 0.2) is 0 Å². The van der Waals surface area contributed by atoms with E-state index in [0.29, 0.717) is 6.04 Å². The summed E-state index contributed by atoms with van der Waals surface area (Å²) in [5, 5.41) is 13.3. The molecule has 0 saturated heterocycles. The summed E-state index contributed by atoms with van der Waals surface area (Å²) >= 11 is 0. The van der Waals surface area contributed by atoms with E-state index in [9.17, 15) is 5.11 Å². The van der Waals surface area contributed by atoms with E-state index in [-0.39, 0.29) is 6.10 Å². The number of nitrogens with one attached hydrogen (secondary N) is 1. The molecule has 0 aromatic heterocycles. The lowest BCUT2D eigenvalue weighted by Gasteiger charge is -2.28. The average molecular weight is 183 g/mol. The van der Waals surface area contributed by atoms with Crippen molar-refractivity contribution in [2.24, 2.45) is 5.92 Å². The fourth-order valence-electron chi connectivity index (χ4n) is 2.48. The molecule has 76 valence electrons. The Morgan fingerprint density at radius 3 is 2.62 bits per heavy atom. The van der Waals surface area contributed by atoms with E-state index in [4.69, 9.17) is 0 Å². The number of hydrogen-bond donors (Lipinski definition) is 2. The first kappa shape index (κ1) is 9.47. The smallest absolute Gasteiger partial charge is 0.0693 e. The van der Waals surface area contributed by atoms with Crippen LogP contribution in [-0.2, 0) is 0 Å². The van der Waals surface area contributed by atoms with Gasteiger partial charge in [0, 0.05) is 12.1 Å². The molecule has 2 aliphatic carbocycles. The lowest BCUT2D eigenvalue weighted by Crippen LogP contribution is -2.43. The molecular weight excluding hydrogens is 162 g/mol. The van der Waals surface area contributed by atoms with E-state index in [1.165, 1.54) is 32.1 Å². The molecule has 2 nitrogen and oxygen atoms in total. The first-order valence-corrected chi connectivity index (χ1v) is 5.75. The van der Waals surface area contributed by atoms with Crippen LogP contribution in [-0.4, -0.2) is 23.3 Å². The van der Waals surface area contributed by atoms with Gasteiger partial charge in [-0.1, -0.05) is 26.2 Å². The van der Waals surface area contributed by atoms with E-state index < -0.39 is 0 Å². The molecule has 13 heavy (non-hydrogen) atoms. The maximum Gasteiger partial charge on any atom is 0.0693 e. The maximum absolute atomic E-state index is 9.74. The Balaban J connectivity index is 1.74. The van der Waals surface area contributed by atoms with Gasteiger partial charge in [0.25, 0.3) is 0 Å². The van der Waals surface area contributed by atoms with Crippen LogP contribution in [0.5, 0.6) is 0 Å². The molecule has 2 unspecified atom stereocenters. The molecule has 0 spiro atoms. The predicted octanol–water partition coefficient (Wildman–Crippen LogP) is 1.68. The van der Waals surface area contributed by atoms with Gasteiger partial charge in [0.1, 0.15) is 0 Å². The molecule has 0 heterocycles. The molecule has 2 fully saturated rings. The summed E-state index contributed by atoms with van der Waals surface area (Å²) in [5.41, 5.74) is 0. The zero-order chi connectivity index (χ0) is 9.26. The Labute approximate surface area is 80.7 Å². The lowest BCUT2D eigenvalue weighted by molar-refractivity contribution is 0.0894. The highest BCUT2D eigenvalue weighted by atomic mass is 16.3. The van der Waals surface area contributed by atoms with Gasteiger partial charge < -0.3 is 10.4 Å². The van der Waals surface area contributed by atoms with E-state index in [2.05, 4.69) is 12.2 Å². The highest BCUT2D eigenvalue weighted by Crippen LogP contribution is 2.34. The van der Waals surface area contributed by atoms with Gasteiger partial charge in [-0.3, -0.25) is 0 Å². The SMILES string of the molecule is CCC1CC1N[C@@H]1CCCC[C@H]1O. The van der Waals surface area contributed by atoms with Gasteiger partial charge in [-0.05, 0) is 25.2 Å². The van der Waals surface area contributed by atoms with Gasteiger partial charge in [0.05, 0.1) is 6.10 Å². The molecule has 0 amide bonds. The Kier molecular flexibility index (Phi) is 2.89. The van der Waals surface area contributed by atoms with Crippen LogP contribution in [0.1, 0.15) is 45.4 Å². The quantitative estimate of drug-likeness (QED) is 0.697. The van der Waals surface area contributed by atoms with Crippen molar-refractivity contribution in [3.05, 3.63) is 0 Å². The summed E-state index contributed by atoms with van der Waals surface area (Å²) in [7, 11) is 0. The van der Waals surface area contributed by atoms with E-state index in [0.717, 1.165) is 18.4 Å². The Bertz CT molecular complexity index is 171. The van der Waals surface area contributed by atoms with Crippen LogP contribution in [0, 0.1) is 5.92 Å². The zero-order valence-corrected chi connectivity index (χ0v) is 8.50. The minimum absolute atomic E-state index is 0.0770. The largest absolute Gasteiger partial charge is 0.392 e. The molecule has 2 heteroatoms. The zero-order valence-electron chi connectivity index (χ0n) is 8.50. The highest BCUT2D eigenvalue weighted by molar-refractivity contribution is 4.96. The maximum atomic E-state index is 9.74. The standard InChI is InChI=1S/C11H21NO/c1-2-8-7-10(8)12-9-5-3-4-6-11(9)13/h8-13H,2-7H2,1H3/t8?,9-,10?,11-/m1/s1. The first-order valence-electron chi connectivity index (χ1n) is 5.75. The number of hydrogen-bond acceptors (Lipinski definition) is 2. The summed E-state index contributed by atoms with van der Waals surface area (Å²) in [6.07, 6.45) is 7.22. The van der Waals surface area contributed by atoms with Gasteiger partial charge >= 0.3 is 0 Å². The van der Waals surface area contributed by atoms with Crippen molar-refractivity contribution in [3.63, 3.8) is 0 Å². The van der Waals surface area contributed by atoms with Crippen molar-refractivity contribution < 1.29 is 5.11 Å². The van der Waals surface area contributed by atoms with Crippen LogP contribution in [0.25, 0.3) is 0 Å². The first-order chi connectivity index (χ1) is 6.31. The van der Waals surface area contributed by atoms with Crippen LogP contribution >= 0.6 is 0 Å². The van der Waals surface area contributed by atoms with Crippen molar-refractivity contribution in [3.8, 4) is 0 Å². The third-order valence-corrected chi connectivity index (χ3v) is 3.60. The van der Waals surface area contributed by atoms with E-state index >= 15 is 0 Å². The Hall–Kier alpha value is -0.0800. The van der Waals surface area contributed by atoms with Gasteiger partial charge in [-0.25, -0.2) is 0 Å². The van der Waals surface area contributed by atoms with Crippen LogP contribution in [0.4, 0.5) is 0 Å². The number of aliphatic hydroxyl groups excluding tert-OH is 1. The molecule has 2 rings (SSSR count). The molecular formula is C11H21NO. The van der Waals surface area contributed by atoms with Crippen molar-refractivity contribution in [2.45, 2.75) is 63.6 Å². The van der Waals surface area contributed by atoms with Gasteiger partial charge in [-0.15, -0.1) is 0 Å². The van der Waals surface area contributed by atoms with Crippen molar-refractivity contribution in [1.29, 1.82) is 0 Å². The third kappa shape index (κ3) is 2.23. The molecule has 0 aromatic rings. The Morgan fingerprint density at radius 1 is 1.23 bits per heavy atom. The van der Waals surface area contributed by atoms with Crippen molar-refractivity contribution in [1.82, 2.24) is 5.32 Å². The third-order valence-electron chi connectivity index (χ3n) is 3.60. The normalized spacial score (nSPS) is 44.8. The summed E-state index contributed by atoms with van der Waals surface area (Å²) < 4.78 is 0. The highest BCUT2D eigenvalue weighted by Gasteiger charge is 2.38. The molecule has 0 radical (unpaired) electrons. The average Bonchev–Trinajstić information content (AvgIpc) is 2.88. The lowest BCUT2D eigenvalue weighted by atomic mass is 9.92. The second kappa shape index (κ2) is 3.97. The molecule has 2 saturated carbocycles. The minimum Gasteiger partial charge on any atom is -0.392 e. The van der Waals surface area contributed by atoms with E-state index in [1.54, 1.807) is 0 Å². The second-order valence-corrected chi connectivity index (χ2v) is 4.64. The van der Waals surface area contributed by atoms with Crippen LogP contribution in [0.15, 0.2) is 0 Å². The van der Waals surface area contributed by atoms with E-state index in [1.807, 2.05) is 0 Å². The molecule has 4 atom stereocenters. The number of aliphatic hydroxyl groups is 1. The molecule has 0 bridgehead atoms. The van der Waals surface area contributed by atoms with Crippen molar-refractivity contribution in [2.75, 3.05) is 0 Å². The Morgan fingerprint density at radius 2 is 2.00 bits per heavy atom. The van der Waals surface area contributed by atoms with Gasteiger partial charge in [0.2, 0.25) is 0 Å². The molecule has 2 aliphatic rings. The summed E-state index contributed by atoms with van der Waals surface area (Å²) in [6, 6.07) is 1.12. The minimum atomic E-state index is -0.0770. The monoisotopic (exact) mass is 183 g/mol. The predicted molar refractivity (Wildman–Crippen MR) is 53.6 cm³/mol. The summed E-state index contributed by atoms with van der Waals surface area (Å²) in [5.74, 6) is 0.897. The summed E-state index contributed by atoms with van der Waals surface area (Å²) in [4.78, 5) is 0.